The Morgan fingerprint density at radius 3 is 2.74 bits per heavy atom. The molecule has 1 aliphatic heterocycles. The van der Waals surface area contributed by atoms with Crippen LogP contribution in [-0.4, -0.2) is 50.3 Å². The van der Waals surface area contributed by atoms with Crippen LogP contribution in [0.25, 0.3) is 0 Å². The Morgan fingerprint density at radius 1 is 1.19 bits per heavy atom. The molecule has 0 saturated carbocycles. The second kappa shape index (κ2) is 9.23. The van der Waals surface area contributed by atoms with Crippen LogP contribution in [0.5, 0.6) is 17.2 Å². The van der Waals surface area contributed by atoms with E-state index >= 15 is 0 Å². The highest BCUT2D eigenvalue weighted by molar-refractivity contribution is 5.92. The summed E-state index contributed by atoms with van der Waals surface area (Å²) < 4.78 is 30.0. The topological polar surface area (TPSA) is 60.0 Å². The molecule has 7 heteroatoms. The standard InChI is InChI=1S/C20H23FN2O4/c1-2-23(9-10-25-17-6-4-3-5-16(17)21)14-20(24)22-15-7-8-18-19(13-15)27-12-11-26-18/h3-8,13H,2,9-12,14H2,1H3,(H,22,24). The van der Waals surface area contributed by atoms with Gasteiger partial charge in [0, 0.05) is 18.3 Å². The summed E-state index contributed by atoms with van der Waals surface area (Å²) in [4.78, 5) is 14.2. The quantitative estimate of drug-likeness (QED) is 0.770. The normalized spacial score (nSPS) is 12.7. The third kappa shape index (κ3) is 5.34. The number of carbonyl (C=O) groups excluding carboxylic acids is 1. The summed E-state index contributed by atoms with van der Waals surface area (Å²) in [5, 5.41) is 2.86. The summed E-state index contributed by atoms with van der Waals surface area (Å²) in [7, 11) is 0. The van der Waals surface area contributed by atoms with Gasteiger partial charge in [-0.25, -0.2) is 4.39 Å². The van der Waals surface area contributed by atoms with Crippen molar-refractivity contribution in [3.63, 3.8) is 0 Å². The highest BCUT2D eigenvalue weighted by Crippen LogP contribution is 2.32. The summed E-state index contributed by atoms with van der Waals surface area (Å²) in [5.41, 5.74) is 0.655. The molecule has 2 aromatic carbocycles. The molecule has 0 bridgehead atoms. The van der Waals surface area contributed by atoms with E-state index in [1.165, 1.54) is 6.07 Å². The molecule has 144 valence electrons. The number of amides is 1. The number of para-hydroxylation sites is 1. The van der Waals surface area contributed by atoms with Crippen molar-refractivity contribution < 1.29 is 23.4 Å². The summed E-state index contributed by atoms with van der Waals surface area (Å²) in [6.45, 7) is 4.68. The van der Waals surface area contributed by atoms with Crippen LogP contribution in [0.2, 0.25) is 0 Å². The highest BCUT2D eigenvalue weighted by Gasteiger charge is 2.14. The van der Waals surface area contributed by atoms with Crippen molar-refractivity contribution in [1.82, 2.24) is 4.90 Å². The van der Waals surface area contributed by atoms with Crippen molar-refractivity contribution in [3.05, 3.63) is 48.3 Å². The molecular formula is C20H23FN2O4. The van der Waals surface area contributed by atoms with Crippen molar-refractivity contribution in [2.75, 3.05) is 44.8 Å². The first-order valence-corrected chi connectivity index (χ1v) is 8.95. The summed E-state index contributed by atoms with van der Waals surface area (Å²) in [5.74, 6) is 0.995. The number of halogens is 1. The number of benzene rings is 2. The van der Waals surface area contributed by atoms with E-state index in [2.05, 4.69) is 5.32 Å². The van der Waals surface area contributed by atoms with E-state index in [-0.39, 0.29) is 18.2 Å². The second-order valence-electron chi connectivity index (χ2n) is 6.05. The fourth-order valence-corrected chi connectivity index (χ4v) is 2.72. The lowest BCUT2D eigenvalue weighted by Crippen LogP contribution is -2.36. The molecule has 0 radical (unpaired) electrons. The number of nitrogens with zero attached hydrogens (tertiary/aromatic N) is 1. The third-order valence-corrected chi connectivity index (χ3v) is 4.14. The number of hydrogen-bond acceptors (Lipinski definition) is 5. The number of rotatable bonds is 8. The van der Waals surface area contributed by atoms with E-state index in [4.69, 9.17) is 14.2 Å². The van der Waals surface area contributed by atoms with Gasteiger partial charge in [-0.05, 0) is 30.8 Å². The van der Waals surface area contributed by atoms with Crippen LogP contribution >= 0.6 is 0 Å². The fourth-order valence-electron chi connectivity index (χ4n) is 2.72. The molecule has 3 rings (SSSR count). The number of anilines is 1. The summed E-state index contributed by atoms with van der Waals surface area (Å²) in [6.07, 6.45) is 0. The van der Waals surface area contributed by atoms with Gasteiger partial charge in [0.15, 0.2) is 23.1 Å². The van der Waals surface area contributed by atoms with Crippen molar-refractivity contribution in [1.29, 1.82) is 0 Å². The average Bonchev–Trinajstić information content (AvgIpc) is 2.68. The van der Waals surface area contributed by atoms with E-state index in [9.17, 15) is 9.18 Å². The van der Waals surface area contributed by atoms with Gasteiger partial charge in [-0.15, -0.1) is 0 Å². The van der Waals surface area contributed by atoms with Crippen LogP contribution < -0.4 is 19.5 Å². The molecule has 0 fully saturated rings. The van der Waals surface area contributed by atoms with Gasteiger partial charge in [0.2, 0.25) is 5.91 Å². The summed E-state index contributed by atoms with van der Waals surface area (Å²) in [6, 6.07) is 11.6. The molecule has 1 N–H and O–H groups in total. The molecule has 6 nitrogen and oxygen atoms in total. The van der Waals surface area contributed by atoms with E-state index in [0.29, 0.717) is 50.1 Å². The average molecular weight is 374 g/mol. The number of carbonyl (C=O) groups is 1. The van der Waals surface area contributed by atoms with E-state index in [1.54, 1.807) is 36.4 Å². The van der Waals surface area contributed by atoms with Gasteiger partial charge in [0.25, 0.3) is 0 Å². The van der Waals surface area contributed by atoms with E-state index < -0.39 is 5.82 Å². The zero-order valence-corrected chi connectivity index (χ0v) is 15.2. The molecule has 1 aliphatic rings. The Morgan fingerprint density at radius 2 is 1.96 bits per heavy atom. The van der Waals surface area contributed by atoms with Gasteiger partial charge >= 0.3 is 0 Å². The smallest absolute Gasteiger partial charge is 0.238 e. The van der Waals surface area contributed by atoms with Crippen molar-refractivity contribution in [3.8, 4) is 17.2 Å². The van der Waals surface area contributed by atoms with Crippen molar-refractivity contribution in [2.45, 2.75) is 6.92 Å². The van der Waals surface area contributed by atoms with Gasteiger partial charge in [0.05, 0.1) is 6.54 Å². The predicted molar refractivity (Wildman–Crippen MR) is 100 cm³/mol. The molecular weight excluding hydrogens is 351 g/mol. The lowest BCUT2D eigenvalue weighted by Gasteiger charge is -2.21. The number of fused-ring (bicyclic) bond motifs is 1. The maximum Gasteiger partial charge on any atom is 0.238 e. The Hall–Kier alpha value is -2.80. The number of hydrogen-bond donors (Lipinski definition) is 1. The fraction of sp³-hybridized carbons (Fsp3) is 0.350. The maximum absolute atomic E-state index is 13.5. The first-order chi connectivity index (χ1) is 13.2. The van der Waals surface area contributed by atoms with Gasteiger partial charge in [-0.3, -0.25) is 9.69 Å². The second-order valence-corrected chi connectivity index (χ2v) is 6.05. The Bertz CT molecular complexity index is 784. The Balaban J connectivity index is 1.47. The van der Waals surface area contributed by atoms with Crippen LogP contribution in [0.3, 0.4) is 0 Å². The van der Waals surface area contributed by atoms with E-state index in [1.807, 2.05) is 11.8 Å². The molecule has 0 spiro atoms. The van der Waals surface area contributed by atoms with Gasteiger partial charge in [-0.1, -0.05) is 19.1 Å². The third-order valence-electron chi connectivity index (χ3n) is 4.14. The van der Waals surface area contributed by atoms with Gasteiger partial charge in [-0.2, -0.15) is 0 Å². The van der Waals surface area contributed by atoms with Gasteiger partial charge < -0.3 is 19.5 Å². The molecule has 0 unspecified atom stereocenters. The van der Waals surface area contributed by atoms with Crippen LogP contribution in [0, 0.1) is 5.82 Å². The zero-order valence-electron chi connectivity index (χ0n) is 15.2. The largest absolute Gasteiger partial charge is 0.489 e. The van der Waals surface area contributed by atoms with Crippen molar-refractivity contribution in [2.24, 2.45) is 0 Å². The van der Waals surface area contributed by atoms with Gasteiger partial charge in [0.1, 0.15) is 19.8 Å². The highest BCUT2D eigenvalue weighted by atomic mass is 19.1. The molecule has 2 aromatic rings. The Labute approximate surface area is 157 Å². The maximum atomic E-state index is 13.5. The number of ether oxygens (including phenoxy) is 3. The predicted octanol–water partition coefficient (Wildman–Crippen LogP) is 2.94. The van der Waals surface area contributed by atoms with Crippen LogP contribution in [0.15, 0.2) is 42.5 Å². The van der Waals surface area contributed by atoms with E-state index in [0.717, 1.165) is 0 Å². The molecule has 1 heterocycles. The molecule has 0 atom stereocenters. The van der Waals surface area contributed by atoms with Crippen LogP contribution in [-0.2, 0) is 4.79 Å². The van der Waals surface area contributed by atoms with Crippen LogP contribution in [0.4, 0.5) is 10.1 Å². The molecule has 1 amide bonds. The number of nitrogens with one attached hydrogen (secondary N) is 1. The van der Waals surface area contributed by atoms with Crippen LogP contribution in [0.1, 0.15) is 6.92 Å². The minimum Gasteiger partial charge on any atom is -0.489 e. The minimum atomic E-state index is -0.392. The number of likely N-dealkylation sites (N-methyl/N-ethyl adjacent to an activating group) is 1. The zero-order chi connectivity index (χ0) is 19.1. The lowest BCUT2D eigenvalue weighted by atomic mass is 10.2. The molecule has 0 aromatic heterocycles. The SMILES string of the molecule is CCN(CCOc1ccccc1F)CC(=O)Nc1ccc2c(c1)OCCO2. The molecule has 27 heavy (non-hydrogen) atoms. The first-order valence-electron chi connectivity index (χ1n) is 8.95. The lowest BCUT2D eigenvalue weighted by molar-refractivity contribution is -0.117. The minimum absolute atomic E-state index is 0.139. The summed E-state index contributed by atoms with van der Waals surface area (Å²) >= 11 is 0. The monoisotopic (exact) mass is 374 g/mol. The first kappa shape index (κ1) is 19.0. The Kier molecular flexibility index (Phi) is 6.49. The molecule has 0 saturated heterocycles. The molecule has 0 aliphatic carbocycles. The van der Waals surface area contributed by atoms with Crippen molar-refractivity contribution >= 4 is 11.6 Å².